The third-order valence-corrected chi connectivity index (χ3v) is 4.40. The van der Waals surface area contributed by atoms with Gasteiger partial charge >= 0.3 is 0 Å². The molecule has 3 atom stereocenters. The largest absolute Gasteiger partial charge is 0.378 e. The van der Waals surface area contributed by atoms with Crippen molar-refractivity contribution in [2.24, 2.45) is 0 Å². The monoisotopic (exact) mass is 311 g/mol. The number of nitrogens with one attached hydrogen (secondary N) is 1. The van der Waals surface area contributed by atoms with Crippen LogP contribution in [-0.4, -0.2) is 18.8 Å². The van der Waals surface area contributed by atoms with Crippen LogP contribution in [0.25, 0.3) is 0 Å². The Balaban J connectivity index is 1.95. The zero-order chi connectivity index (χ0) is 13.0. The highest BCUT2D eigenvalue weighted by atomic mass is 79.9. The minimum absolute atomic E-state index is 0.376. The summed E-state index contributed by atoms with van der Waals surface area (Å²) >= 11 is 3.62. The van der Waals surface area contributed by atoms with E-state index in [0.29, 0.717) is 18.2 Å². The van der Waals surface area contributed by atoms with Crippen LogP contribution < -0.4 is 5.32 Å². The topological polar surface area (TPSA) is 21.3 Å². The normalized spacial score (nSPS) is 25.9. The predicted molar refractivity (Wildman–Crippen MR) is 78.7 cm³/mol. The van der Waals surface area contributed by atoms with Crippen molar-refractivity contribution >= 4 is 15.9 Å². The Morgan fingerprint density at radius 1 is 1.44 bits per heavy atom. The first kappa shape index (κ1) is 14.0. The lowest BCUT2D eigenvalue weighted by molar-refractivity contribution is -0.00166. The van der Waals surface area contributed by atoms with Gasteiger partial charge in [0.05, 0.1) is 6.10 Å². The van der Waals surface area contributed by atoms with Crippen molar-refractivity contribution in [3.63, 3.8) is 0 Å². The predicted octanol–water partition coefficient (Wildman–Crippen LogP) is 4.06. The molecule has 100 valence electrons. The molecule has 1 aliphatic heterocycles. The molecule has 0 radical (unpaired) electrons. The van der Waals surface area contributed by atoms with Crippen molar-refractivity contribution in [1.29, 1.82) is 0 Å². The highest BCUT2D eigenvalue weighted by Gasteiger charge is 2.23. The Hall–Kier alpha value is -0.380. The summed E-state index contributed by atoms with van der Waals surface area (Å²) in [4.78, 5) is 0. The van der Waals surface area contributed by atoms with E-state index in [1.807, 2.05) is 0 Å². The van der Waals surface area contributed by atoms with Gasteiger partial charge in [-0.3, -0.25) is 0 Å². The number of halogens is 1. The Morgan fingerprint density at radius 3 is 2.94 bits per heavy atom. The number of ether oxygens (including phenoxy) is 1. The summed E-state index contributed by atoms with van der Waals surface area (Å²) in [5.74, 6) is 0. The summed E-state index contributed by atoms with van der Waals surface area (Å²) in [6.45, 7) is 5.32. The van der Waals surface area contributed by atoms with Crippen molar-refractivity contribution < 1.29 is 4.74 Å². The molecule has 0 spiro atoms. The summed E-state index contributed by atoms with van der Waals surface area (Å²) in [7, 11) is 0. The van der Waals surface area contributed by atoms with Gasteiger partial charge in [0, 0.05) is 23.2 Å². The van der Waals surface area contributed by atoms with Crippen LogP contribution in [0, 0.1) is 0 Å². The summed E-state index contributed by atoms with van der Waals surface area (Å²) in [6.07, 6.45) is 3.79. The second kappa shape index (κ2) is 6.69. The second-order valence-corrected chi connectivity index (χ2v) is 5.89. The molecular weight excluding hydrogens is 290 g/mol. The maximum atomic E-state index is 5.72. The molecule has 1 saturated heterocycles. The van der Waals surface area contributed by atoms with Gasteiger partial charge in [0.15, 0.2) is 0 Å². The minimum Gasteiger partial charge on any atom is -0.378 e. The van der Waals surface area contributed by atoms with Crippen molar-refractivity contribution in [3.05, 3.63) is 34.3 Å². The lowest BCUT2D eigenvalue weighted by atomic mass is 9.99. The van der Waals surface area contributed by atoms with E-state index in [1.165, 1.54) is 10.0 Å². The molecule has 1 fully saturated rings. The van der Waals surface area contributed by atoms with E-state index in [-0.39, 0.29) is 0 Å². The lowest BCUT2D eigenvalue weighted by Crippen LogP contribution is -2.40. The number of hydrogen-bond donors (Lipinski definition) is 1. The molecule has 0 aromatic heterocycles. The molecule has 1 aromatic rings. The Morgan fingerprint density at radius 2 is 2.22 bits per heavy atom. The zero-order valence-electron chi connectivity index (χ0n) is 11.2. The van der Waals surface area contributed by atoms with Gasteiger partial charge in [0.25, 0.3) is 0 Å². The summed E-state index contributed by atoms with van der Waals surface area (Å²) in [6, 6.07) is 9.39. The molecule has 0 aliphatic carbocycles. The molecule has 1 aromatic carbocycles. The van der Waals surface area contributed by atoms with Gasteiger partial charge in [-0.15, -0.1) is 0 Å². The van der Waals surface area contributed by atoms with E-state index in [4.69, 9.17) is 4.74 Å². The van der Waals surface area contributed by atoms with Crippen molar-refractivity contribution in [1.82, 2.24) is 5.32 Å². The first-order chi connectivity index (χ1) is 8.70. The van der Waals surface area contributed by atoms with Crippen LogP contribution in [0.1, 0.15) is 44.7 Å². The SMILES string of the molecule is CCC1CC(N[C@H](C)c2ccccc2Br)CCO1. The van der Waals surface area contributed by atoms with Gasteiger partial charge in [-0.25, -0.2) is 0 Å². The number of hydrogen-bond acceptors (Lipinski definition) is 2. The molecule has 0 saturated carbocycles. The van der Waals surface area contributed by atoms with Crippen molar-refractivity contribution in [2.75, 3.05) is 6.61 Å². The highest BCUT2D eigenvalue weighted by molar-refractivity contribution is 9.10. The Bertz CT molecular complexity index is 383. The fraction of sp³-hybridized carbons (Fsp3) is 0.600. The van der Waals surface area contributed by atoms with Gasteiger partial charge in [-0.05, 0) is 37.8 Å². The molecule has 0 bridgehead atoms. The van der Waals surface area contributed by atoms with Crippen molar-refractivity contribution in [3.8, 4) is 0 Å². The van der Waals surface area contributed by atoms with Gasteiger partial charge in [0.1, 0.15) is 0 Å². The van der Waals surface area contributed by atoms with Crippen LogP contribution in [0.3, 0.4) is 0 Å². The first-order valence-corrected chi connectivity index (χ1v) is 7.62. The van der Waals surface area contributed by atoms with Crippen molar-refractivity contribution in [2.45, 2.75) is 51.3 Å². The maximum absolute atomic E-state index is 5.72. The van der Waals surface area contributed by atoms with E-state index >= 15 is 0 Å². The smallest absolute Gasteiger partial charge is 0.0587 e. The maximum Gasteiger partial charge on any atom is 0.0587 e. The van der Waals surface area contributed by atoms with E-state index < -0.39 is 0 Å². The molecular formula is C15H22BrNO. The molecule has 1 aliphatic rings. The molecule has 18 heavy (non-hydrogen) atoms. The molecule has 3 heteroatoms. The molecule has 2 rings (SSSR count). The minimum atomic E-state index is 0.376. The molecule has 0 amide bonds. The highest BCUT2D eigenvalue weighted by Crippen LogP contribution is 2.25. The third kappa shape index (κ3) is 3.56. The van der Waals surface area contributed by atoms with E-state index in [9.17, 15) is 0 Å². The summed E-state index contributed by atoms with van der Waals surface area (Å²) in [5, 5.41) is 3.73. The quantitative estimate of drug-likeness (QED) is 0.905. The van der Waals surface area contributed by atoms with E-state index in [2.05, 4.69) is 59.4 Å². The third-order valence-electron chi connectivity index (χ3n) is 3.68. The van der Waals surface area contributed by atoms with E-state index in [0.717, 1.165) is 25.9 Å². The Kier molecular flexibility index (Phi) is 5.22. The fourth-order valence-corrected chi connectivity index (χ4v) is 3.21. The van der Waals surface area contributed by atoms with Crippen LogP contribution in [-0.2, 0) is 4.74 Å². The van der Waals surface area contributed by atoms with Crippen LogP contribution in [0.2, 0.25) is 0 Å². The number of benzene rings is 1. The summed E-state index contributed by atoms with van der Waals surface area (Å²) in [5.41, 5.74) is 1.33. The van der Waals surface area contributed by atoms with Gasteiger partial charge < -0.3 is 10.1 Å². The Labute approximate surface area is 118 Å². The lowest BCUT2D eigenvalue weighted by Gasteiger charge is -2.32. The van der Waals surface area contributed by atoms with Crippen LogP contribution >= 0.6 is 15.9 Å². The molecule has 1 N–H and O–H groups in total. The average Bonchev–Trinajstić information content (AvgIpc) is 2.39. The van der Waals surface area contributed by atoms with Crippen LogP contribution in [0.4, 0.5) is 0 Å². The summed E-state index contributed by atoms with van der Waals surface area (Å²) < 4.78 is 6.90. The van der Waals surface area contributed by atoms with Gasteiger partial charge in [-0.1, -0.05) is 41.1 Å². The second-order valence-electron chi connectivity index (χ2n) is 5.03. The zero-order valence-corrected chi connectivity index (χ0v) is 12.7. The fourth-order valence-electron chi connectivity index (χ4n) is 2.59. The number of rotatable bonds is 4. The van der Waals surface area contributed by atoms with Crippen LogP contribution in [0.5, 0.6) is 0 Å². The molecule has 1 heterocycles. The average molecular weight is 312 g/mol. The molecule has 2 nitrogen and oxygen atoms in total. The molecule has 2 unspecified atom stereocenters. The van der Waals surface area contributed by atoms with Crippen LogP contribution in [0.15, 0.2) is 28.7 Å². The van der Waals surface area contributed by atoms with E-state index in [1.54, 1.807) is 0 Å². The standard InChI is InChI=1S/C15H22BrNO/c1-3-13-10-12(8-9-18-13)17-11(2)14-6-4-5-7-15(14)16/h4-7,11-13,17H,3,8-10H2,1-2H3/t11-,12?,13?/m1/s1. The first-order valence-electron chi connectivity index (χ1n) is 6.82. The van der Waals surface area contributed by atoms with Gasteiger partial charge in [-0.2, -0.15) is 0 Å². The van der Waals surface area contributed by atoms with Gasteiger partial charge in [0.2, 0.25) is 0 Å².